The zero-order chi connectivity index (χ0) is 22.8. The Morgan fingerprint density at radius 1 is 1.18 bits per heavy atom. The van der Waals surface area contributed by atoms with E-state index >= 15 is 0 Å². The van der Waals surface area contributed by atoms with Crippen molar-refractivity contribution in [2.75, 3.05) is 62.4 Å². The Hall–Kier alpha value is -2.36. The molecule has 3 saturated heterocycles. The highest BCUT2D eigenvalue weighted by Crippen LogP contribution is 2.31. The Morgan fingerprint density at radius 3 is 2.76 bits per heavy atom. The standard InChI is InChI=1S/C24H31N5O3S/c1-2-32-24(31)19-15-26-20-6-4-3-5-18(20)22(19)28-9-7-27(8-10-28)17-13-21(25-14-17)23(30)29-11-12-33-16-29/h3-6,15,17,21,25H,2,7-14,16H2,1H3/t17-,21-/m0/s1. The molecular formula is C24H31N5O3S. The summed E-state index contributed by atoms with van der Waals surface area (Å²) in [5.74, 6) is 1.79. The number of carbonyl (C=O) groups excluding carboxylic acids is 2. The van der Waals surface area contributed by atoms with E-state index in [-0.39, 0.29) is 17.9 Å². The Morgan fingerprint density at radius 2 is 2.00 bits per heavy atom. The number of anilines is 1. The Labute approximate surface area is 198 Å². The average molecular weight is 470 g/mol. The van der Waals surface area contributed by atoms with Crippen LogP contribution in [-0.4, -0.2) is 96.2 Å². The molecule has 0 bridgehead atoms. The molecule has 1 aromatic carbocycles. The summed E-state index contributed by atoms with van der Waals surface area (Å²) < 4.78 is 5.33. The highest BCUT2D eigenvalue weighted by atomic mass is 32.2. The van der Waals surface area contributed by atoms with Gasteiger partial charge in [-0.2, -0.15) is 0 Å². The Kier molecular flexibility index (Phi) is 6.71. The Balaban J connectivity index is 1.28. The van der Waals surface area contributed by atoms with E-state index < -0.39 is 0 Å². The maximum atomic E-state index is 12.8. The normalized spacial score (nSPS) is 23.9. The number of amides is 1. The van der Waals surface area contributed by atoms with Crippen molar-refractivity contribution < 1.29 is 14.3 Å². The molecule has 1 aromatic heterocycles. The van der Waals surface area contributed by atoms with Crippen LogP contribution in [0.2, 0.25) is 0 Å². The number of benzene rings is 1. The number of nitrogens with zero attached hydrogens (tertiary/aromatic N) is 4. The van der Waals surface area contributed by atoms with E-state index in [9.17, 15) is 9.59 Å². The van der Waals surface area contributed by atoms with Gasteiger partial charge in [0.2, 0.25) is 5.91 Å². The van der Waals surface area contributed by atoms with Crippen molar-refractivity contribution in [2.24, 2.45) is 0 Å². The van der Waals surface area contributed by atoms with Crippen molar-refractivity contribution in [2.45, 2.75) is 25.4 Å². The summed E-state index contributed by atoms with van der Waals surface area (Å²) in [4.78, 5) is 36.7. The highest BCUT2D eigenvalue weighted by molar-refractivity contribution is 7.99. The van der Waals surface area contributed by atoms with Crippen LogP contribution in [-0.2, 0) is 9.53 Å². The van der Waals surface area contributed by atoms with Crippen LogP contribution in [0.3, 0.4) is 0 Å². The number of pyridine rings is 1. The van der Waals surface area contributed by atoms with Gasteiger partial charge in [0.1, 0.15) is 5.56 Å². The number of ether oxygens (including phenoxy) is 1. The highest BCUT2D eigenvalue weighted by Gasteiger charge is 2.37. The number of hydrogen-bond acceptors (Lipinski definition) is 8. The summed E-state index contributed by atoms with van der Waals surface area (Å²) >= 11 is 1.83. The monoisotopic (exact) mass is 469 g/mol. The minimum Gasteiger partial charge on any atom is -0.462 e. The average Bonchev–Trinajstić information content (AvgIpc) is 3.56. The lowest BCUT2D eigenvalue weighted by Gasteiger charge is -2.39. The molecule has 3 aliphatic heterocycles. The molecule has 4 heterocycles. The number of rotatable bonds is 5. The zero-order valence-corrected chi connectivity index (χ0v) is 19.9. The fourth-order valence-electron chi connectivity index (χ4n) is 5.13. The van der Waals surface area contributed by atoms with E-state index in [0.717, 1.165) is 73.9 Å². The molecule has 0 saturated carbocycles. The third-order valence-corrected chi connectivity index (χ3v) is 7.82. The van der Waals surface area contributed by atoms with Crippen molar-refractivity contribution in [3.63, 3.8) is 0 Å². The number of fused-ring (bicyclic) bond motifs is 1. The van der Waals surface area contributed by atoms with Crippen molar-refractivity contribution in [3.8, 4) is 0 Å². The van der Waals surface area contributed by atoms with E-state index in [1.807, 2.05) is 47.9 Å². The fraction of sp³-hybridized carbons (Fsp3) is 0.542. The van der Waals surface area contributed by atoms with Gasteiger partial charge in [0.05, 0.1) is 29.7 Å². The molecule has 2 aromatic rings. The molecular weight excluding hydrogens is 438 g/mol. The second kappa shape index (κ2) is 9.87. The van der Waals surface area contributed by atoms with Gasteiger partial charge in [-0.1, -0.05) is 18.2 Å². The topological polar surface area (TPSA) is 78.0 Å². The lowest BCUT2D eigenvalue weighted by molar-refractivity contribution is -0.131. The molecule has 8 nitrogen and oxygen atoms in total. The smallest absolute Gasteiger partial charge is 0.341 e. The van der Waals surface area contributed by atoms with Gasteiger partial charge in [-0.3, -0.25) is 14.7 Å². The number of carbonyl (C=O) groups is 2. The summed E-state index contributed by atoms with van der Waals surface area (Å²) in [7, 11) is 0. The van der Waals surface area contributed by atoms with Gasteiger partial charge >= 0.3 is 5.97 Å². The number of thioether (sulfide) groups is 1. The largest absolute Gasteiger partial charge is 0.462 e. The lowest BCUT2D eigenvalue weighted by atomic mass is 10.1. The van der Waals surface area contributed by atoms with Crippen LogP contribution in [0.5, 0.6) is 0 Å². The molecule has 0 spiro atoms. The van der Waals surface area contributed by atoms with Crippen LogP contribution < -0.4 is 10.2 Å². The first-order valence-electron chi connectivity index (χ1n) is 11.8. The minimum absolute atomic E-state index is 0.0636. The summed E-state index contributed by atoms with van der Waals surface area (Å²) in [6.45, 7) is 7.30. The molecule has 176 valence electrons. The first-order chi connectivity index (χ1) is 16.2. The van der Waals surface area contributed by atoms with Crippen molar-refractivity contribution in [1.82, 2.24) is 20.1 Å². The molecule has 2 atom stereocenters. The van der Waals surface area contributed by atoms with Gasteiger partial charge in [0, 0.05) is 62.6 Å². The third-order valence-electron chi connectivity index (χ3n) is 6.86. The quantitative estimate of drug-likeness (QED) is 0.665. The van der Waals surface area contributed by atoms with E-state index in [0.29, 0.717) is 18.2 Å². The predicted octanol–water partition coefficient (Wildman–Crippen LogP) is 1.80. The molecule has 3 aliphatic rings. The number of hydrogen-bond donors (Lipinski definition) is 1. The van der Waals surface area contributed by atoms with Crippen LogP contribution in [0, 0.1) is 0 Å². The van der Waals surface area contributed by atoms with Gasteiger partial charge in [0.25, 0.3) is 0 Å². The summed E-state index contributed by atoms with van der Waals surface area (Å²) in [5.41, 5.74) is 2.33. The number of nitrogens with one attached hydrogen (secondary N) is 1. The maximum absolute atomic E-state index is 12.8. The first kappa shape index (κ1) is 22.4. The van der Waals surface area contributed by atoms with Gasteiger partial charge in [-0.25, -0.2) is 4.79 Å². The second-order valence-electron chi connectivity index (χ2n) is 8.77. The molecule has 1 amide bonds. The van der Waals surface area contributed by atoms with Gasteiger partial charge in [-0.15, -0.1) is 11.8 Å². The first-order valence-corrected chi connectivity index (χ1v) is 12.9. The third kappa shape index (κ3) is 4.54. The molecule has 9 heteroatoms. The van der Waals surface area contributed by atoms with E-state index in [1.165, 1.54) is 0 Å². The van der Waals surface area contributed by atoms with Gasteiger partial charge < -0.3 is 19.9 Å². The Bertz CT molecular complexity index is 1020. The maximum Gasteiger partial charge on any atom is 0.341 e. The van der Waals surface area contributed by atoms with E-state index in [1.54, 1.807) is 6.20 Å². The van der Waals surface area contributed by atoms with Gasteiger partial charge in [0.15, 0.2) is 0 Å². The summed E-state index contributed by atoms with van der Waals surface area (Å²) in [6, 6.07) is 8.26. The van der Waals surface area contributed by atoms with E-state index in [2.05, 4.69) is 20.1 Å². The van der Waals surface area contributed by atoms with E-state index in [4.69, 9.17) is 4.74 Å². The summed E-state index contributed by atoms with van der Waals surface area (Å²) in [5, 5.41) is 4.44. The SMILES string of the molecule is CCOC(=O)c1cnc2ccccc2c1N1CCN([C@@H]2CN[C@H](C(=O)N3CCSC3)C2)CC1. The van der Waals surface area contributed by atoms with Crippen LogP contribution in [0.25, 0.3) is 10.9 Å². The predicted molar refractivity (Wildman–Crippen MR) is 131 cm³/mol. The molecule has 5 rings (SSSR count). The molecule has 0 radical (unpaired) electrons. The minimum atomic E-state index is -0.324. The fourth-order valence-corrected chi connectivity index (χ4v) is 6.08. The van der Waals surface area contributed by atoms with Crippen LogP contribution in [0.4, 0.5) is 5.69 Å². The van der Waals surface area contributed by atoms with Crippen LogP contribution >= 0.6 is 11.8 Å². The molecule has 3 fully saturated rings. The van der Waals surface area contributed by atoms with Crippen molar-refractivity contribution in [3.05, 3.63) is 36.0 Å². The van der Waals surface area contributed by atoms with Crippen LogP contribution in [0.1, 0.15) is 23.7 Å². The molecule has 0 unspecified atom stereocenters. The molecule has 1 N–H and O–H groups in total. The number of esters is 1. The van der Waals surface area contributed by atoms with Crippen molar-refractivity contribution in [1.29, 1.82) is 0 Å². The summed E-state index contributed by atoms with van der Waals surface area (Å²) in [6.07, 6.45) is 2.52. The van der Waals surface area contributed by atoms with Gasteiger partial charge in [-0.05, 0) is 19.4 Å². The number of para-hydroxylation sites is 1. The lowest BCUT2D eigenvalue weighted by Crippen LogP contribution is -2.51. The molecule has 0 aliphatic carbocycles. The zero-order valence-electron chi connectivity index (χ0n) is 19.0. The number of piperazine rings is 1. The van der Waals surface area contributed by atoms with Crippen LogP contribution in [0.15, 0.2) is 30.5 Å². The second-order valence-corrected chi connectivity index (χ2v) is 9.85. The van der Waals surface area contributed by atoms with Crippen molar-refractivity contribution >= 4 is 40.2 Å². The number of aromatic nitrogens is 1. The molecule has 33 heavy (non-hydrogen) atoms.